The van der Waals surface area contributed by atoms with Gasteiger partial charge in [-0.15, -0.1) is 0 Å². The molecule has 1 aliphatic heterocycles. The van der Waals surface area contributed by atoms with Crippen LogP contribution in [0.1, 0.15) is 70.2 Å². The molecule has 0 spiro atoms. The first-order valence-corrected chi connectivity index (χ1v) is 24.4. The van der Waals surface area contributed by atoms with Crippen LogP contribution in [0.5, 0.6) is 5.75 Å². The molecule has 0 saturated carbocycles. The van der Waals surface area contributed by atoms with Gasteiger partial charge in [-0.25, -0.2) is 9.59 Å². The monoisotopic (exact) mass is 1020 g/mol. The second-order valence-corrected chi connectivity index (χ2v) is 17.1. The van der Waals surface area contributed by atoms with E-state index in [1.165, 1.54) is 37.3 Å². The molecule has 5 rings (SSSR count). The average Bonchev–Trinajstić information content (AvgIpc) is 3.34. The molecular formula is C51H65N5O15S. The fourth-order valence-electron chi connectivity index (χ4n) is 7.92. The Kier molecular flexibility index (Phi) is 22.8. The molecule has 3 amide bonds. The van der Waals surface area contributed by atoms with Crippen LogP contribution in [0, 0.1) is 0 Å². The number of nitrogens with one attached hydrogen (secondary N) is 5. The first-order chi connectivity index (χ1) is 34.7. The van der Waals surface area contributed by atoms with Gasteiger partial charge in [-0.3, -0.25) is 19.2 Å². The summed E-state index contributed by atoms with van der Waals surface area (Å²) in [6, 6.07) is 12.3. The minimum atomic E-state index is -1.17. The molecule has 0 radical (unpaired) electrons. The maximum Gasteiger partial charge on any atom is 0.336 e. The lowest BCUT2D eigenvalue weighted by molar-refractivity contribution is -0.140. The number of benzene rings is 3. The smallest absolute Gasteiger partial charge is 0.336 e. The van der Waals surface area contributed by atoms with Crippen LogP contribution in [0.15, 0.2) is 75.5 Å². The van der Waals surface area contributed by atoms with Gasteiger partial charge < -0.3 is 69.6 Å². The maximum atomic E-state index is 12.9. The number of esters is 1. The maximum absolute atomic E-state index is 12.9. The number of anilines is 1. The van der Waals surface area contributed by atoms with Gasteiger partial charge in [-0.05, 0) is 92.9 Å². The summed E-state index contributed by atoms with van der Waals surface area (Å²) in [5, 5.41) is 35.7. The molecule has 21 heteroatoms. The molecule has 0 bridgehead atoms. The number of amides is 3. The Labute approximate surface area is 422 Å². The molecule has 3 atom stereocenters. The van der Waals surface area contributed by atoms with Gasteiger partial charge in [-0.1, -0.05) is 19.9 Å². The predicted molar refractivity (Wildman–Crippen MR) is 271 cm³/mol. The third-order valence-electron chi connectivity index (χ3n) is 11.3. The number of ether oxygens (including phenoxy) is 6. The molecule has 1 heterocycles. The molecule has 0 unspecified atom stereocenters. The van der Waals surface area contributed by atoms with Crippen LogP contribution in [-0.4, -0.2) is 142 Å². The zero-order valence-electron chi connectivity index (χ0n) is 41.0. The standard InChI is InChI=1S/C51H65N5O15S/c1-5-36(6-2)70-44-25-32(50(64)69-7-3)24-41(48(44)54-31(4)57)56-46(61)30-68-29-45(60)52-16-8-18-65-20-22-67-23-21-66-19-9-17-53-51(72)55-33-10-13-37(40(26-33)49(62)63)47-38-14-11-34(58)27-42(38)71-43-28-35(59)12-15-39(43)47/h10-15,25-28,36,41,44,48,58H,5-9,16-24,29-30H2,1-4H3,(H,52,60)(H,54,57)(H,56,61)(H,62,63)(H2,53,55,72)/t41-,44+,48+/m0/s1. The molecular weight excluding hydrogens is 955 g/mol. The van der Waals surface area contributed by atoms with Gasteiger partial charge >= 0.3 is 11.9 Å². The second kappa shape index (κ2) is 29.1. The molecule has 2 aromatic carbocycles. The lowest BCUT2D eigenvalue weighted by atomic mass is 9.87. The van der Waals surface area contributed by atoms with Gasteiger partial charge in [0.2, 0.25) is 17.7 Å². The number of aromatic carboxylic acids is 1. The van der Waals surface area contributed by atoms with E-state index in [1.807, 2.05) is 13.8 Å². The first-order valence-electron chi connectivity index (χ1n) is 24.0. The van der Waals surface area contributed by atoms with E-state index in [-0.39, 0.29) is 54.1 Å². The highest BCUT2D eigenvalue weighted by Crippen LogP contribution is 2.42. The van der Waals surface area contributed by atoms with Crippen molar-refractivity contribution in [2.45, 2.75) is 84.1 Å². The van der Waals surface area contributed by atoms with Crippen molar-refractivity contribution in [3.8, 4) is 28.2 Å². The molecule has 3 aliphatic rings. The van der Waals surface area contributed by atoms with Crippen LogP contribution in [0.2, 0.25) is 0 Å². The number of aromatic hydroxyl groups is 1. The van der Waals surface area contributed by atoms with Crippen molar-refractivity contribution in [3.63, 3.8) is 0 Å². The van der Waals surface area contributed by atoms with Crippen molar-refractivity contribution in [2.75, 3.05) is 77.9 Å². The first kappa shape index (κ1) is 56.4. The van der Waals surface area contributed by atoms with Gasteiger partial charge in [0.25, 0.3) is 0 Å². The van der Waals surface area contributed by atoms with Crippen molar-refractivity contribution in [3.05, 3.63) is 82.0 Å². The lowest BCUT2D eigenvalue weighted by Crippen LogP contribution is -2.60. The van der Waals surface area contributed by atoms with E-state index in [4.69, 9.17) is 45.1 Å². The molecule has 0 aromatic heterocycles. The van der Waals surface area contributed by atoms with Gasteiger partial charge in [0.1, 0.15) is 30.3 Å². The summed E-state index contributed by atoms with van der Waals surface area (Å²) in [6.45, 7) is 9.55. The van der Waals surface area contributed by atoms with Crippen LogP contribution in [-0.2, 0) is 47.6 Å². The molecule has 2 aromatic rings. The molecule has 72 heavy (non-hydrogen) atoms. The number of phenols is 1. The highest BCUT2D eigenvalue weighted by atomic mass is 32.1. The van der Waals surface area contributed by atoms with E-state index in [9.17, 15) is 39.0 Å². The number of phenolic OH excluding ortho intramolecular Hbond substituents is 1. The van der Waals surface area contributed by atoms with Gasteiger partial charge in [0.05, 0.1) is 62.9 Å². The van der Waals surface area contributed by atoms with Gasteiger partial charge in [0.15, 0.2) is 10.5 Å². The molecule has 0 fully saturated rings. The van der Waals surface area contributed by atoms with E-state index in [1.54, 1.807) is 37.3 Å². The third kappa shape index (κ3) is 17.4. The molecule has 0 saturated heterocycles. The summed E-state index contributed by atoms with van der Waals surface area (Å²) in [4.78, 5) is 74.8. The van der Waals surface area contributed by atoms with Crippen LogP contribution >= 0.6 is 12.2 Å². The number of carboxylic acids is 1. The number of fused-ring (bicyclic) bond motifs is 2. The Morgan fingerprint density at radius 2 is 1.46 bits per heavy atom. The average molecular weight is 1020 g/mol. The van der Waals surface area contributed by atoms with E-state index >= 15 is 0 Å². The zero-order chi connectivity index (χ0) is 52.0. The van der Waals surface area contributed by atoms with E-state index in [0.29, 0.717) is 122 Å². The number of hydrogen-bond donors (Lipinski definition) is 7. The number of carbonyl (C=O) groups excluding carboxylic acids is 4. The number of carbonyl (C=O) groups is 5. The summed E-state index contributed by atoms with van der Waals surface area (Å²) >= 11 is 5.44. The minimum Gasteiger partial charge on any atom is -0.508 e. The third-order valence-corrected chi connectivity index (χ3v) is 11.6. The van der Waals surface area contributed by atoms with Crippen LogP contribution < -0.4 is 32.0 Å². The second-order valence-electron chi connectivity index (χ2n) is 16.7. The summed E-state index contributed by atoms with van der Waals surface area (Å²) in [5.74, 6) is -2.74. The fraction of sp³-hybridized carbons (Fsp3) is 0.471. The topological polar surface area (TPSA) is 272 Å². The summed E-state index contributed by atoms with van der Waals surface area (Å²) in [5.41, 5.74) is 2.27. The minimum absolute atomic E-state index is 0.00807. The summed E-state index contributed by atoms with van der Waals surface area (Å²) < 4.78 is 39.5. The van der Waals surface area contributed by atoms with E-state index in [2.05, 4.69) is 26.6 Å². The Morgan fingerprint density at radius 1 is 0.792 bits per heavy atom. The van der Waals surface area contributed by atoms with Crippen molar-refractivity contribution in [1.29, 1.82) is 0 Å². The predicted octanol–water partition coefficient (Wildman–Crippen LogP) is 4.67. The van der Waals surface area contributed by atoms with Crippen molar-refractivity contribution in [2.24, 2.45) is 0 Å². The largest absolute Gasteiger partial charge is 0.508 e. The summed E-state index contributed by atoms with van der Waals surface area (Å²) in [6.07, 6.45) is 3.55. The number of thiocarbonyl (C=S) groups is 1. The Morgan fingerprint density at radius 3 is 2.12 bits per heavy atom. The zero-order valence-corrected chi connectivity index (χ0v) is 41.8. The normalized spacial score (nSPS) is 15.5. The van der Waals surface area contributed by atoms with E-state index < -0.39 is 48.5 Å². The summed E-state index contributed by atoms with van der Waals surface area (Å²) in [7, 11) is 0. The molecule has 20 nitrogen and oxygen atoms in total. The van der Waals surface area contributed by atoms with Gasteiger partial charge in [-0.2, -0.15) is 0 Å². The molecule has 7 N–H and O–H groups in total. The quantitative estimate of drug-likeness (QED) is 0.0168. The Bertz CT molecular complexity index is 2550. The van der Waals surface area contributed by atoms with Crippen LogP contribution in [0.4, 0.5) is 5.69 Å². The van der Waals surface area contributed by atoms with Crippen LogP contribution in [0.25, 0.3) is 33.4 Å². The van der Waals surface area contributed by atoms with Crippen molar-refractivity contribution in [1.82, 2.24) is 21.3 Å². The lowest BCUT2D eigenvalue weighted by Gasteiger charge is -2.38. The Balaban J connectivity index is 0.898. The number of hydrogen-bond acceptors (Lipinski definition) is 15. The van der Waals surface area contributed by atoms with Crippen molar-refractivity contribution >= 4 is 63.6 Å². The van der Waals surface area contributed by atoms with Crippen molar-refractivity contribution < 1.29 is 67.0 Å². The number of carboxylic acid groups (broad SMARTS) is 1. The molecule has 2 aliphatic carbocycles. The highest BCUT2D eigenvalue weighted by Gasteiger charge is 2.38. The number of rotatable bonds is 29. The SMILES string of the molecule is CCOC(=O)C1=C[C@@H](OC(CC)CC)[C@H](NC(C)=O)[C@@H](NC(=O)COCC(=O)NCCCOCCOCCOCCCNC(=S)Nc2ccc(-c3c4ccc(=O)cc-4oc4cc(O)ccc34)c(C(=O)O)c2)C1. The van der Waals surface area contributed by atoms with E-state index in [0.717, 1.165) is 0 Å². The van der Waals surface area contributed by atoms with Gasteiger partial charge in [0, 0.05) is 79.6 Å². The highest BCUT2D eigenvalue weighted by molar-refractivity contribution is 7.80. The molecule has 390 valence electrons. The van der Waals surface area contributed by atoms with Crippen LogP contribution in [0.3, 0.4) is 0 Å². The Hall–Kier alpha value is -6.49. The fourth-order valence-corrected chi connectivity index (χ4v) is 8.14.